The lowest BCUT2D eigenvalue weighted by Crippen LogP contribution is -2.42. The minimum absolute atomic E-state index is 0.0751. The first kappa shape index (κ1) is 29.3. The number of rotatable bonds is 9. The van der Waals surface area contributed by atoms with Gasteiger partial charge in [0, 0.05) is 16.7 Å². The van der Waals surface area contributed by atoms with Gasteiger partial charge in [-0.05, 0) is 36.1 Å². The maximum Gasteiger partial charge on any atom is 0.344 e. The number of nitrogens with zero attached hydrogens (tertiary/aromatic N) is 2. The second-order valence-electron chi connectivity index (χ2n) is 11.0. The van der Waals surface area contributed by atoms with Crippen LogP contribution in [0, 0.1) is 5.41 Å². The van der Waals surface area contributed by atoms with Gasteiger partial charge in [-0.1, -0.05) is 98.7 Å². The zero-order valence-electron chi connectivity index (χ0n) is 23.5. The summed E-state index contributed by atoms with van der Waals surface area (Å²) in [5.41, 5.74) is 3.39. The number of anilines is 1. The van der Waals surface area contributed by atoms with Crippen molar-refractivity contribution in [3.8, 4) is 0 Å². The van der Waals surface area contributed by atoms with Crippen molar-refractivity contribution in [3.05, 3.63) is 102 Å². The fraction of sp³-hybridized carbons (Fsp3) is 0.312. The maximum absolute atomic E-state index is 13.6. The number of carboxylic acid groups (broad SMARTS) is 1. The molecule has 0 aliphatic carbocycles. The molecule has 214 valence electrons. The normalized spacial score (nSPS) is 17.1. The van der Waals surface area contributed by atoms with Crippen LogP contribution < -0.4 is 10.6 Å². The van der Waals surface area contributed by atoms with E-state index in [1.165, 1.54) is 0 Å². The van der Waals surface area contributed by atoms with Gasteiger partial charge in [0.2, 0.25) is 12.5 Å². The third-order valence-corrected chi connectivity index (χ3v) is 6.89. The molecule has 1 aliphatic heterocycles. The van der Waals surface area contributed by atoms with Crippen molar-refractivity contribution < 1.29 is 24.3 Å². The van der Waals surface area contributed by atoms with Gasteiger partial charge in [-0.15, -0.1) is 0 Å². The summed E-state index contributed by atoms with van der Waals surface area (Å²) in [7, 11) is 0. The number of benzene rings is 3. The largest absolute Gasteiger partial charge is 0.479 e. The van der Waals surface area contributed by atoms with E-state index < -0.39 is 24.0 Å². The van der Waals surface area contributed by atoms with Crippen molar-refractivity contribution in [2.75, 3.05) is 18.5 Å². The fourth-order valence-corrected chi connectivity index (χ4v) is 5.11. The van der Waals surface area contributed by atoms with E-state index in [-0.39, 0.29) is 24.5 Å². The fourth-order valence-electron chi connectivity index (χ4n) is 5.11. The Labute approximate surface area is 240 Å². The van der Waals surface area contributed by atoms with E-state index in [0.29, 0.717) is 17.0 Å². The van der Waals surface area contributed by atoms with E-state index in [1.54, 1.807) is 18.2 Å². The molecule has 1 heterocycles. The molecule has 0 unspecified atom stereocenters. The summed E-state index contributed by atoms with van der Waals surface area (Å²) in [4.78, 5) is 44.2. The van der Waals surface area contributed by atoms with Crippen LogP contribution in [0.5, 0.6) is 0 Å². The minimum Gasteiger partial charge on any atom is -0.479 e. The summed E-state index contributed by atoms with van der Waals surface area (Å²) >= 11 is 0. The molecule has 0 spiro atoms. The van der Waals surface area contributed by atoms with Gasteiger partial charge < -0.3 is 25.5 Å². The number of hydrogen-bond acceptors (Lipinski definition) is 5. The monoisotopic (exact) mass is 556 g/mol. The predicted octanol–water partition coefficient (Wildman–Crippen LogP) is 5.76. The average molecular weight is 557 g/mol. The molecule has 3 aromatic rings. The Morgan fingerprint density at radius 3 is 2.02 bits per heavy atom. The Balaban J connectivity index is 1.45. The van der Waals surface area contributed by atoms with Gasteiger partial charge in [0.15, 0.2) is 0 Å². The molecular weight excluding hydrogens is 520 g/mol. The summed E-state index contributed by atoms with van der Waals surface area (Å²) in [5, 5.41) is 18.4. The van der Waals surface area contributed by atoms with E-state index in [0.717, 1.165) is 24.0 Å². The third-order valence-electron chi connectivity index (χ3n) is 6.89. The van der Waals surface area contributed by atoms with Crippen molar-refractivity contribution >= 4 is 29.3 Å². The van der Waals surface area contributed by atoms with Crippen molar-refractivity contribution in [2.45, 2.75) is 45.7 Å². The predicted molar refractivity (Wildman–Crippen MR) is 157 cm³/mol. The number of amides is 3. The number of oxime groups is 1. The molecule has 41 heavy (non-hydrogen) atoms. The maximum atomic E-state index is 13.6. The second-order valence-corrected chi connectivity index (χ2v) is 11.0. The van der Waals surface area contributed by atoms with Crippen LogP contribution in [0.3, 0.4) is 0 Å². The Morgan fingerprint density at radius 1 is 0.902 bits per heavy atom. The molecule has 9 nitrogen and oxygen atoms in total. The van der Waals surface area contributed by atoms with Crippen molar-refractivity contribution in [3.63, 3.8) is 0 Å². The molecule has 0 aromatic heterocycles. The SMILES string of the molecule is CC(C)(C)C(=NOCC(=O)O)c1cccc(NC(=O)NCC(=O)N2[C@@H](c3ccccc3)CC[C@H]2c2ccccc2)c1. The van der Waals surface area contributed by atoms with Crippen molar-refractivity contribution in [1.82, 2.24) is 10.2 Å². The Hall–Kier alpha value is -4.66. The highest BCUT2D eigenvalue weighted by Gasteiger charge is 2.38. The van der Waals surface area contributed by atoms with Crippen LogP contribution in [0.25, 0.3) is 0 Å². The van der Waals surface area contributed by atoms with Gasteiger partial charge in [-0.2, -0.15) is 0 Å². The molecule has 0 bridgehead atoms. The van der Waals surface area contributed by atoms with Gasteiger partial charge in [-0.25, -0.2) is 9.59 Å². The van der Waals surface area contributed by atoms with Crippen LogP contribution in [0.15, 0.2) is 90.1 Å². The van der Waals surface area contributed by atoms with E-state index in [9.17, 15) is 14.4 Å². The molecule has 3 aromatic carbocycles. The van der Waals surface area contributed by atoms with Crippen LogP contribution in [0.4, 0.5) is 10.5 Å². The lowest BCUT2D eigenvalue weighted by molar-refractivity contribution is -0.142. The molecule has 3 amide bonds. The van der Waals surface area contributed by atoms with E-state index in [2.05, 4.69) is 15.8 Å². The first-order valence-electron chi connectivity index (χ1n) is 13.6. The van der Waals surface area contributed by atoms with Gasteiger partial charge in [-0.3, -0.25) is 4.79 Å². The second kappa shape index (κ2) is 13.1. The molecule has 1 saturated heterocycles. The van der Waals surface area contributed by atoms with E-state index >= 15 is 0 Å². The number of urea groups is 1. The molecule has 4 rings (SSSR count). The molecule has 3 N–H and O–H groups in total. The lowest BCUT2D eigenvalue weighted by atomic mass is 9.85. The van der Waals surface area contributed by atoms with E-state index in [1.807, 2.05) is 92.4 Å². The molecule has 1 aliphatic rings. The summed E-state index contributed by atoms with van der Waals surface area (Å²) in [5.74, 6) is -1.28. The Bertz CT molecular complexity index is 1340. The highest BCUT2D eigenvalue weighted by Crippen LogP contribution is 2.43. The summed E-state index contributed by atoms with van der Waals surface area (Å²) in [6.45, 7) is 5.08. The summed E-state index contributed by atoms with van der Waals surface area (Å²) in [6, 6.07) is 26.3. The van der Waals surface area contributed by atoms with Crippen molar-refractivity contribution in [1.29, 1.82) is 0 Å². The Morgan fingerprint density at radius 2 is 1.49 bits per heavy atom. The highest BCUT2D eigenvalue weighted by atomic mass is 16.6. The zero-order valence-corrected chi connectivity index (χ0v) is 23.5. The average Bonchev–Trinajstić information content (AvgIpc) is 3.40. The number of carbonyl (C=O) groups excluding carboxylic acids is 2. The van der Waals surface area contributed by atoms with Gasteiger partial charge in [0.1, 0.15) is 0 Å². The highest BCUT2D eigenvalue weighted by molar-refractivity contribution is 6.05. The smallest absolute Gasteiger partial charge is 0.344 e. The van der Waals surface area contributed by atoms with Crippen LogP contribution in [0.1, 0.15) is 62.4 Å². The standard InChI is InChI=1S/C32H36N4O5/c1-32(2,3)30(35-41-21-29(38)39)24-15-10-16-25(19-24)34-31(40)33-20-28(37)36-26(22-11-6-4-7-12-22)17-18-27(36)23-13-8-5-9-14-23/h4-16,19,26-27H,17-18,20-21H2,1-3H3,(H,38,39)(H2,33,34,40)/t26-,27+. The van der Waals surface area contributed by atoms with Crippen LogP contribution in [0.2, 0.25) is 0 Å². The molecular formula is C32H36N4O5. The summed E-state index contributed by atoms with van der Waals surface area (Å²) < 4.78 is 0. The first-order valence-corrected chi connectivity index (χ1v) is 13.6. The lowest BCUT2D eigenvalue weighted by Gasteiger charge is -2.31. The number of likely N-dealkylation sites (tertiary alicyclic amines) is 1. The number of aliphatic carboxylic acids is 1. The topological polar surface area (TPSA) is 120 Å². The van der Waals surface area contributed by atoms with Gasteiger partial charge in [0.05, 0.1) is 24.3 Å². The number of carboxylic acids is 1. The molecule has 0 saturated carbocycles. The molecule has 1 fully saturated rings. The number of hydrogen-bond donors (Lipinski definition) is 3. The third kappa shape index (κ3) is 7.72. The molecule has 9 heteroatoms. The van der Waals surface area contributed by atoms with E-state index in [4.69, 9.17) is 9.94 Å². The van der Waals surface area contributed by atoms with Crippen LogP contribution in [-0.4, -0.2) is 46.8 Å². The first-order chi connectivity index (χ1) is 19.6. The molecule has 0 radical (unpaired) electrons. The number of carbonyl (C=O) groups is 3. The van der Waals surface area contributed by atoms with Crippen LogP contribution in [-0.2, 0) is 14.4 Å². The zero-order chi connectivity index (χ0) is 29.4. The van der Waals surface area contributed by atoms with Crippen molar-refractivity contribution in [2.24, 2.45) is 10.6 Å². The Kier molecular flexibility index (Phi) is 9.39. The van der Waals surface area contributed by atoms with Crippen LogP contribution >= 0.6 is 0 Å². The number of nitrogens with one attached hydrogen (secondary N) is 2. The summed E-state index contributed by atoms with van der Waals surface area (Å²) in [6.07, 6.45) is 1.67. The minimum atomic E-state index is -1.12. The van der Waals surface area contributed by atoms with Gasteiger partial charge in [0.25, 0.3) is 0 Å². The van der Waals surface area contributed by atoms with Gasteiger partial charge >= 0.3 is 12.0 Å². The quantitative estimate of drug-likeness (QED) is 0.228. The molecule has 2 atom stereocenters.